The summed E-state index contributed by atoms with van der Waals surface area (Å²) in [7, 11) is 0. The molecule has 0 bridgehead atoms. The number of nitro groups is 1. The van der Waals surface area contributed by atoms with Crippen molar-refractivity contribution in [3.8, 4) is 0 Å². The second-order valence-corrected chi connectivity index (χ2v) is 5.64. The Morgan fingerprint density at radius 2 is 2.20 bits per heavy atom. The van der Waals surface area contributed by atoms with Gasteiger partial charge in [0.25, 0.3) is 5.69 Å². The maximum absolute atomic E-state index is 10.7. The van der Waals surface area contributed by atoms with Gasteiger partial charge in [-0.1, -0.05) is 6.92 Å². The molecule has 1 N–H and O–H groups in total. The van der Waals surface area contributed by atoms with Gasteiger partial charge in [0.1, 0.15) is 17.0 Å². The maximum atomic E-state index is 10.7. The van der Waals surface area contributed by atoms with Gasteiger partial charge in [-0.2, -0.15) is 0 Å². The summed E-state index contributed by atoms with van der Waals surface area (Å²) < 4.78 is 0. The van der Waals surface area contributed by atoms with Crippen molar-refractivity contribution in [3.63, 3.8) is 0 Å². The molecule has 0 amide bonds. The van der Waals surface area contributed by atoms with Crippen molar-refractivity contribution < 1.29 is 4.92 Å². The van der Waals surface area contributed by atoms with Gasteiger partial charge in [0.2, 0.25) is 0 Å². The average molecular weight is 292 g/mol. The predicted octanol–water partition coefficient (Wildman–Crippen LogP) is 3.49. The number of pyridine rings is 1. The molecule has 20 heavy (non-hydrogen) atoms. The summed E-state index contributed by atoms with van der Waals surface area (Å²) in [5.74, 6) is 0.619. The van der Waals surface area contributed by atoms with Crippen LogP contribution in [0.1, 0.15) is 35.3 Å². The Morgan fingerprint density at radius 1 is 1.45 bits per heavy atom. The Morgan fingerprint density at radius 3 is 2.75 bits per heavy atom. The molecule has 2 aromatic heterocycles. The molecule has 0 aliphatic carbocycles. The monoisotopic (exact) mass is 292 g/mol. The number of aromatic nitrogens is 2. The topological polar surface area (TPSA) is 81.0 Å². The van der Waals surface area contributed by atoms with Gasteiger partial charge in [0.15, 0.2) is 0 Å². The second kappa shape index (κ2) is 5.96. The van der Waals surface area contributed by atoms with Crippen LogP contribution in [0.5, 0.6) is 0 Å². The fourth-order valence-corrected chi connectivity index (χ4v) is 2.65. The molecule has 0 saturated heterocycles. The molecule has 0 fully saturated rings. The Kier molecular flexibility index (Phi) is 4.29. The van der Waals surface area contributed by atoms with Crippen molar-refractivity contribution in [3.05, 3.63) is 44.0 Å². The third-order valence-electron chi connectivity index (χ3n) is 2.93. The van der Waals surface area contributed by atoms with Gasteiger partial charge < -0.3 is 5.32 Å². The van der Waals surface area contributed by atoms with Crippen LogP contribution in [0.3, 0.4) is 0 Å². The van der Waals surface area contributed by atoms with E-state index < -0.39 is 4.92 Å². The SMILES string of the molecule is CCc1cnc(C(C)Nc2cc(C)c([N+](=O)[O-])cn2)s1. The smallest absolute Gasteiger partial charge is 0.290 e. The molecule has 2 rings (SSSR count). The minimum absolute atomic E-state index is 0.0219. The number of rotatable bonds is 5. The molecule has 7 heteroatoms. The number of nitrogens with one attached hydrogen (secondary N) is 1. The highest BCUT2D eigenvalue weighted by Gasteiger charge is 2.14. The summed E-state index contributed by atoms with van der Waals surface area (Å²) in [5.41, 5.74) is 0.624. The molecule has 6 nitrogen and oxygen atoms in total. The minimum atomic E-state index is -0.427. The molecule has 0 aromatic carbocycles. The molecule has 2 heterocycles. The first-order valence-corrected chi connectivity index (χ1v) is 7.15. The van der Waals surface area contributed by atoms with E-state index in [-0.39, 0.29) is 11.7 Å². The highest BCUT2D eigenvalue weighted by Crippen LogP contribution is 2.25. The van der Waals surface area contributed by atoms with Gasteiger partial charge in [-0.25, -0.2) is 9.97 Å². The Balaban J connectivity index is 2.13. The number of aryl methyl sites for hydroxylation is 2. The summed E-state index contributed by atoms with van der Waals surface area (Å²) in [6, 6.07) is 1.71. The summed E-state index contributed by atoms with van der Waals surface area (Å²) >= 11 is 1.66. The standard InChI is InChI=1S/C13H16N4O2S/c1-4-10-6-15-13(20-10)9(3)16-12-5-8(2)11(7-14-12)17(18)19/h5-7,9H,4H2,1-3H3,(H,14,16). The number of thiazole rings is 1. The van der Waals surface area contributed by atoms with Gasteiger partial charge in [-0.15, -0.1) is 11.3 Å². The Hall–Kier alpha value is -2.02. The number of anilines is 1. The zero-order valence-corrected chi connectivity index (χ0v) is 12.4. The Bertz CT molecular complexity index is 627. The lowest BCUT2D eigenvalue weighted by molar-refractivity contribution is -0.385. The van der Waals surface area contributed by atoms with Crippen molar-refractivity contribution in [1.82, 2.24) is 9.97 Å². The molecule has 0 aliphatic rings. The first kappa shape index (κ1) is 14.4. The third-order valence-corrected chi connectivity index (χ3v) is 4.26. The molecule has 0 spiro atoms. The fourth-order valence-electron chi connectivity index (χ4n) is 1.79. The van der Waals surface area contributed by atoms with Crippen molar-refractivity contribution >= 4 is 22.8 Å². The summed E-state index contributed by atoms with van der Waals surface area (Å²) in [4.78, 5) is 20.0. The first-order chi connectivity index (χ1) is 9.51. The molecule has 0 aliphatic heterocycles. The van der Waals surface area contributed by atoms with E-state index in [0.29, 0.717) is 11.4 Å². The van der Waals surface area contributed by atoms with E-state index in [1.807, 2.05) is 13.1 Å². The number of hydrogen-bond donors (Lipinski definition) is 1. The second-order valence-electron chi connectivity index (χ2n) is 4.50. The molecular weight excluding hydrogens is 276 g/mol. The molecule has 106 valence electrons. The first-order valence-electron chi connectivity index (χ1n) is 6.33. The number of nitrogens with zero attached hydrogens (tertiary/aromatic N) is 3. The van der Waals surface area contributed by atoms with Gasteiger partial charge >= 0.3 is 0 Å². The summed E-state index contributed by atoms with van der Waals surface area (Å²) in [6.45, 7) is 5.79. The maximum Gasteiger partial charge on any atom is 0.290 e. The van der Waals surface area contributed by atoms with E-state index in [9.17, 15) is 10.1 Å². The van der Waals surface area contributed by atoms with Gasteiger partial charge in [-0.3, -0.25) is 10.1 Å². The van der Waals surface area contributed by atoms with Gasteiger partial charge in [0.05, 0.1) is 11.0 Å². The van der Waals surface area contributed by atoms with Crippen LogP contribution in [-0.2, 0) is 6.42 Å². The summed E-state index contributed by atoms with van der Waals surface area (Å²) in [6.07, 6.45) is 4.13. The highest BCUT2D eigenvalue weighted by atomic mass is 32.1. The minimum Gasteiger partial charge on any atom is -0.361 e. The summed E-state index contributed by atoms with van der Waals surface area (Å²) in [5, 5.41) is 15.0. The van der Waals surface area contributed by atoms with Crippen LogP contribution < -0.4 is 5.32 Å². The van der Waals surface area contributed by atoms with E-state index in [0.717, 1.165) is 11.4 Å². The van der Waals surface area contributed by atoms with E-state index in [2.05, 4.69) is 22.2 Å². The van der Waals surface area contributed by atoms with Crippen molar-refractivity contribution in [2.24, 2.45) is 0 Å². The van der Waals surface area contributed by atoms with Crippen LogP contribution in [0, 0.1) is 17.0 Å². The normalized spacial score (nSPS) is 12.2. The molecule has 0 saturated carbocycles. The molecule has 0 radical (unpaired) electrons. The lowest BCUT2D eigenvalue weighted by atomic mass is 10.2. The van der Waals surface area contributed by atoms with E-state index >= 15 is 0 Å². The lowest BCUT2D eigenvalue weighted by Gasteiger charge is -2.12. The van der Waals surface area contributed by atoms with Crippen molar-refractivity contribution in [1.29, 1.82) is 0 Å². The fraction of sp³-hybridized carbons (Fsp3) is 0.385. The van der Waals surface area contributed by atoms with Crippen LogP contribution in [0.2, 0.25) is 0 Å². The Labute approximate surface area is 121 Å². The largest absolute Gasteiger partial charge is 0.361 e. The molecule has 2 aromatic rings. The molecular formula is C13H16N4O2S. The molecule has 1 unspecified atom stereocenters. The zero-order chi connectivity index (χ0) is 14.7. The van der Waals surface area contributed by atoms with Crippen LogP contribution in [-0.4, -0.2) is 14.9 Å². The molecule has 1 atom stereocenters. The predicted molar refractivity (Wildman–Crippen MR) is 79.2 cm³/mol. The van der Waals surface area contributed by atoms with Crippen LogP contribution in [0.15, 0.2) is 18.5 Å². The number of hydrogen-bond acceptors (Lipinski definition) is 6. The van der Waals surface area contributed by atoms with Crippen molar-refractivity contribution in [2.45, 2.75) is 33.2 Å². The average Bonchev–Trinajstić information content (AvgIpc) is 2.87. The third kappa shape index (κ3) is 3.11. The van der Waals surface area contributed by atoms with E-state index in [1.54, 1.807) is 24.3 Å². The van der Waals surface area contributed by atoms with Crippen LogP contribution in [0.4, 0.5) is 11.5 Å². The highest BCUT2D eigenvalue weighted by molar-refractivity contribution is 7.11. The van der Waals surface area contributed by atoms with Gasteiger partial charge in [0, 0.05) is 16.6 Å². The van der Waals surface area contributed by atoms with Gasteiger partial charge in [-0.05, 0) is 26.3 Å². The van der Waals surface area contributed by atoms with Crippen LogP contribution >= 0.6 is 11.3 Å². The van der Waals surface area contributed by atoms with E-state index in [4.69, 9.17) is 0 Å². The zero-order valence-electron chi connectivity index (χ0n) is 11.6. The van der Waals surface area contributed by atoms with Crippen LogP contribution in [0.25, 0.3) is 0 Å². The lowest BCUT2D eigenvalue weighted by Crippen LogP contribution is -2.08. The van der Waals surface area contributed by atoms with Crippen molar-refractivity contribution in [2.75, 3.05) is 5.32 Å². The van der Waals surface area contributed by atoms with E-state index in [1.165, 1.54) is 11.1 Å². The quantitative estimate of drug-likeness (QED) is 0.674.